The maximum Gasteiger partial charge on any atom is 0.407 e. The van der Waals surface area contributed by atoms with Gasteiger partial charge in [0.05, 0.1) is 6.61 Å². The molecule has 0 aromatic heterocycles. The zero-order valence-corrected chi connectivity index (χ0v) is 12.4. The molecule has 110 valence electrons. The predicted octanol–water partition coefficient (Wildman–Crippen LogP) is 2.56. The van der Waals surface area contributed by atoms with E-state index < -0.39 is 5.60 Å². The molecule has 4 heteroatoms. The van der Waals surface area contributed by atoms with Crippen LogP contribution >= 0.6 is 0 Å². The molecular formula is C16H23NO3. The fourth-order valence-corrected chi connectivity index (χ4v) is 2.61. The van der Waals surface area contributed by atoms with Gasteiger partial charge in [-0.2, -0.15) is 0 Å². The number of fused-ring (bicyclic) bond motifs is 1. The van der Waals surface area contributed by atoms with E-state index in [0.717, 1.165) is 24.8 Å². The van der Waals surface area contributed by atoms with Crippen molar-refractivity contribution in [2.24, 2.45) is 0 Å². The quantitative estimate of drug-likeness (QED) is 0.873. The first-order valence-corrected chi connectivity index (χ1v) is 7.09. The van der Waals surface area contributed by atoms with E-state index >= 15 is 0 Å². The highest BCUT2D eigenvalue weighted by atomic mass is 16.6. The van der Waals surface area contributed by atoms with Gasteiger partial charge in [0.1, 0.15) is 5.60 Å². The number of hydrogen-bond acceptors (Lipinski definition) is 3. The fourth-order valence-electron chi connectivity index (χ4n) is 2.61. The summed E-state index contributed by atoms with van der Waals surface area (Å²) in [7, 11) is 0. The molecule has 0 saturated carbocycles. The second-order valence-electron chi connectivity index (χ2n) is 6.30. The second kappa shape index (κ2) is 5.83. The smallest absolute Gasteiger partial charge is 0.407 e. The molecule has 1 aliphatic carbocycles. The maximum atomic E-state index is 11.8. The summed E-state index contributed by atoms with van der Waals surface area (Å²) in [5, 5.41) is 12.3. The molecule has 1 aliphatic rings. The van der Waals surface area contributed by atoms with Gasteiger partial charge < -0.3 is 15.2 Å². The minimum absolute atomic E-state index is 0.0440. The van der Waals surface area contributed by atoms with Gasteiger partial charge in [-0.25, -0.2) is 4.79 Å². The Bertz CT molecular complexity index is 477. The van der Waals surface area contributed by atoms with Crippen LogP contribution in [0.5, 0.6) is 0 Å². The van der Waals surface area contributed by atoms with Crippen LogP contribution in [0.15, 0.2) is 18.2 Å². The molecule has 0 bridgehead atoms. The SMILES string of the molecule is CC(C)(C)OC(=O)NC1CCc2cccc(CO)c2C1. The number of amides is 1. The summed E-state index contributed by atoms with van der Waals surface area (Å²) in [5.41, 5.74) is 2.92. The summed E-state index contributed by atoms with van der Waals surface area (Å²) < 4.78 is 5.29. The fraction of sp³-hybridized carbons (Fsp3) is 0.562. The Hall–Kier alpha value is -1.55. The Morgan fingerprint density at radius 3 is 2.85 bits per heavy atom. The lowest BCUT2D eigenvalue weighted by molar-refractivity contribution is 0.0500. The lowest BCUT2D eigenvalue weighted by atomic mass is 9.85. The number of carbonyl (C=O) groups is 1. The number of aliphatic hydroxyl groups excluding tert-OH is 1. The van der Waals surface area contributed by atoms with Crippen molar-refractivity contribution in [1.29, 1.82) is 0 Å². The Kier molecular flexibility index (Phi) is 4.33. The first-order chi connectivity index (χ1) is 9.39. The number of aryl methyl sites for hydroxylation is 1. The van der Waals surface area contributed by atoms with Gasteiger partial charge in [0.15, 0.2) is 0 Å². The van der Waals surface area contributed by atoms with Gasteiger partial charge in [-0.05, 0) is 56.7 Å². The van der Waals surface area contributed by atoms with Crippen molar-refractivity contribution in [3.05, 3.63) is 34.9 Å². The minimum Gasteiger partial charge on any atom is -0.444 e. The van der Waals surface area contributed by atoms with Crippen molar-refractivity contribution >= 4 is 6.09 Å². The molecule has 1 unspecified atom stereocenters. The highest BCUT2D eigenvalue weighted by Gasteiger charge is 2.24. The van der Waals surface area contributed by atoms with Crippen LogP contribution in [0.2, 0.25) is 0 Å². The van der Waals surface area contributed by atoms with Crippen LogP contribution in [0.4, 0.5) is 4.79 Å². The lowest BCUT2D eigenvalue weighted by Crippen LogP contribution is -2.42. The number of ether oxygens (including phenoxy) is 1. The number of hydrogen-bond donors (Lipinski definition) is 2. The van der Waals surface area contributed by atoms with Gasteiger partial charge in [-0.1, -0.05) is 18.2 Å². The van der Waals surface area contributed by atoms with Crippen LogP contribution in [0.1, 0.15) is 43.9 Å². The highest BCUT2D eigenvalue weighted by molar-refractivity contribution is 5.68. The molecule has 0 spiro atoms. The van der Waals surface area contributed by atoms with Crippen LogP contribution in [-0.4, -0.2) is 22.8 Å². The molecule has 0 aliphatic heterocycles. The summed E-state index contributed by atoms with van der Waals surface area (Å²) in [6.45, 7) is 5.61. The number of benzene rings is 1. The first-order valence-electron chi connectivity index (χ1n) is 7.09. The van der Waals surface area contributed by atoms with Gasteiger partial charge in [-0.15, -0.1) is 0 Å². The number of alkyl carbamates (subject to hydrolysis) is 1. The molecule has 0 radical (unpaired) electrons. The third kappa shape index (κ3) is 3.73. The molecule has 0 fully saturated rings. The van der Waals surface area contributed by atoms with Gasteiger partial charge in [0, 0.05) is 6.04 Å². The molecule has 0 saturated heterocycles. The predicted molar refractivity (Wildman–Crippen MR) is 77.5 cm³/mol. The lowest BCUT2D eigenvalue weighted by Gasteiger charge is -2.28. The van der Waals surface area contributed by atoms with Crippen molar-refractivity contribution in [2.45, 2.75) is 58.3 Å². The van der Waals surface area contributed by atoms with Crippen molar-refractivity contribution < 1.29 is 14.6 Å². The standard InChI is InChI=1S/C16H23NO3/c1-16(2,3)20-15(19)17-13-8-7-11-5-4-6-12(10-18)14(11)9-13/h4-6,13,18H,7-10H2,1-3H3,(H,17,19). The first kappa shape index (κ1) is 14.9. The minimum atomic E-state index is -0.479. The van der Waals surface area contributed by atoms with Crippen molar-refractivity contribution in [3.8, 4) is 0 Å². The molecule has 0 heterocycles. The van der Waals surface area contributed by atoms with E-state index in [4.69, 9.17) is 4.74 Å². The Morgan fingerprint density at radius 2 is 2.20 bits per heavy atom. The molecular weight excluding hydrogens is 254 g/mol. The van der Waals surface area contributed by atoms with Crippen molar-refractivity contribution in [3.63, 3.8) is 0 Å². The molecule has 1 amide bonds. The third-order valence-corrected chi connectivity index (χ3v) is 3.47. The molecule has 1 atom stereocenters. The normalized spacial score (nSPS) is 18.3. The summed E-state index contributed by atoms with van der Waals surface area (Å²) in [6, 6.07) is 6.09. The van der Waals surface area contributed by atoms with E-state index in [-0.39, 0.29) is 18.7 Å². The van der Waals surface area contributed by atoms with Gasteiger partial charge in [-0.3, -0.25) is 0 Å². The van der Waals surface area contributed by atoms with Crippen LogP contribution in [0.25, 0.3) is 0 Å². The van der Waals surface area contributed by atoms with Crippen LogP contribution in [0, 0.1) is 0 Å². The Labute approximate surface area is 120 Å². The van der Waals surface area contributed by atoms with E-state index in [1.165, 1.54) is 11.1 Å². The average Bonchev–Trinajstić information content (AvgIpc) is 2.35. The summed E-state index contributed by atoms with van der Waals surface area (Å²) in [5.74, 6) is 0. The van der Waals surface area contributed by atoms with E-state index in [1.54, 1.807) is 0 Å². The van der Waals surface area contributed by atoms with E-state index in [0.29, 0.717) is 0 Å². The van der Waals surface area contributed by atoms with Gasteiger partial charge in [0.2, 0.25) is 0 Å². The monoisotopic (exact) mass is 277 g/mol. The zero-order chi connectivity index (χ0) is 14.8. The highest BCUT2D eigenvalue weighted by Crippen LogP contribution is 2.25. The number of aliphatic hydroxyl groups is 1. The van der Waals surface area contributed by atoms with Gasteiger partial charge in [0.25, 0.3) is 0 Å². The van der Waals surface area contributed by atoms with Gasteiger partial charge >= 0.3 is 6.09 Å². The number of carbonyl (C=O) groups excluding carboxylic acids is 1. The molecule has 20 heavy (non-hydrogen) atoms. The number of nitrogens with one attached hydrogen (secondary N) is 1. The van der Waals surface area contributed by atoms with Crippen molar-refractivity contribution in [1.82, 2.24) is 5.32 Å². The molecule has 4 nitrogen and oxygen atoms in total. The summed E-state index contributed by atoms with van der Waals surface area (Å²) in [6.07, 6.45) is 2.21. The summed E-state index contributed by atoms with van der Waals surface area (Å²) >= 11 is 0. The molecule has 1 aromatic rings. The van der Waals surface area contributed by atoms with Crippen molar-refractivity contribution in [2.75, 3.05) is 0 Å². The summed E-state index contributed by atoms with van der Waals surface area (Å²) in [4.78, 5) is 11.8. The maximum absolute atomic E-state index is 11.8. The second-order valence-corrected chi connectivity index (χ2v) is 6.30. The Morgan fingerprint density at radius 1 is 1.45 bits per heavy atom. The molecule has 1 aromatic carbocycles. The van der Waals surface area contributed by atoms with Crippen LogP contribution in [-0.2, 0) is 24.2 Å². The third-order valence-electron chi connectivity index (χ3n) is 3.47. The zero-order valence-electron chi connectivity index (χ0n) is 12.4. The largest absolute Gasteiger partial charge is 0.444 e. The van der Waals surface area contributed by atoms with Crippen LogP contribution < -0.4 is 5.32 Å². The van der Waals surface area contributed by atoms with E-state index in [1.807, 2.05) is 32.9 Å². The molecule has 2 rings (SSSR count). The average molecular weight is 277 g/mol. The molecule has 2 N–H and O–H groups in total. The number of rotatable bonds is 2. The van der Waals surface area contributed by atoms with E-state index in [9.17, 15) is 9.90 Å². The van der Waals surface area contributed by atoms with E-state index in [2.05, 4.69) is 11.4 Å². The topological polar surface area (TPSA) is 58.6 Å². The van der Waals surface area contributed by atoms with Crippen LogP contribution in [0.3, 0.4) is 0 Å². The Balaban J connectivity index is 2.02.